The van der Waals surface area contributed by atoms with Crippen molar-refractivity contribution in [3.05, 3.63) is 57.5 Å². The Kier molecular flexibility index (Phi) is 12.8. The van der Waals surface area contributed by atoms with E-state index in [9.17, 15) is 9.59 Å². The number of anilines is 1. The number of thiophene rings is 3. The molecule has 0 aliphatic carbocycles. The van der Waals surface area contributed by atoms with Gasteiger partial charge in [-0.25, -0.2) is 4.90 Å². The molecule has 2 atom stereocenters. The topological polar surface area (TPSA) is 68.7 Å². The minimum absolute atomic E-state index is 0.0371. The first-order chi connectivity index (χ1) is 26.3. The Morgan fingerprint density at radius 2 is 1.27 bits per heavy atom. The third-order valence-corrected chi connectivity index (χ3v) is 15.9. The van der Waals surface area contributed by atoms with Gasteiger partial charge in [-0.05, 0) is 66.2 Å². The highest BCUT2D eigenvalue weighted by atomic mass is 32.1. The summed E-state index contributed by atoms with van der Waals surface area (Å²) >= 11 is 5.09. The van der Waals surface area contributed by atoms with Gasteiger partial charge in [0.15, 0.2) is 0 Å². The van der Waals surface area contributed by atoms with Crippen molar-refractivity contribution in [2.45, 2.75) is 138 Å². The molecule has 1 aliphatic heterocycles. The Balaban J connectivity index is 1.59. The fraction of sp³-hybridized carbons (Fsp3) is 0.543. The molecule has 2 amide bonds. The predicted molar refractivity (Wildman–Crippen MR) is 236 cm³/mol. The zero-order valence-electron chi connectivity index (χ0n) is 34.6. The number of fused-ring (bicyclic) bond motifs is 3. The first-order valence-corrected chi connectivity index (χ1v) is 23.0. The lowest BCUT2D eigenvalue weighted by Gasteiger charge is -2.23. The Bertz CT molecular complexity index is 2060. The second-order valence-corrected chi connectivity index (χ2v) is 20.1. The summed E-state index contributed by atoms with van der Waals surface area (Å²) < 4.78 is 16.2. The molecule has 9 heteroatoms. The molecule has 0 spiro atoms. The van der Waals surface area contributed by atoms with E-state index in [1.165, 1.54) is 35.5 Å². The van der Waals surface area contributed by atoms with E-state index in [4.69, 9.17) is 9.47 Å². The van der Waals surface area contributed by atoms with Gasteiger partial charge in [-0.1, -0.05) is 108 Å². The van der Waals surface area contributed by atoms with E-state index < -0.39 is 0 Å². The molecule has 4 aromatic heterocycles. The van der Waals surface area contributed by atoms with Crippen molar-refractivity contribution in [2.24, 2.45) is 11.8 Å². The van der Waals surface area contributed by atoms with E-state index in [0.717, 1.165) is 78.4 Å². The minimum Gasteiger partial charge on any atom is -0.491 e. The van der Waals surface area contributed by atoms with Crippen molar-refractivity contribution in [1.29, 1.82) is 0 Å². The van der Waals surface area contributed by atoms with E-state index in [0.29, 0.717) is 41.9 Å². The standard InChI is InChI=1S/C46H60N2O4S3/c1-11-16-18-28(13-3)26-51-37-31-24-33(41-35-36(42(55-41)46(9,10)15-5)44(50)48(43(35)49)30-20-22-47-23-21-30)53-39(31)38(52-27-29(14-4)19-17-12-2)32-25-34(45(6,7)8)54-40(32)37/h20-25,28-29H,11-19,26-27H2,1-10H3. The molecule has 6 nitrogen and oxygen atoms in total. The highest BCUT2D eigenvalue weighted by Gasteiger charge is 2.45. The maximum Gasteiger partial charge on any atom is 0.267 e. The summed E-state index contributed by atoms with van der Waals surface area (Å²) in [5, 5.41) is 2.13. The summed E-state index contributed by atoms with van der Waals surface area (Å²) in [5.74, 6) is 2.22. The molecular weight excluding hydrogens is 741 g/mol. The number of aromatic nitrogens is 1. The van der Waals surface area contributed by atoms with Crippen LogP contribution in [0.5, 0.6) is 11.5 Å². The number of hydrogen-bond acceptors (Lipinski definition) is 8. The third-order valence-electron chi connectivity index (χ3n) is 11.5. The maximum absolute atomic E-state index is 14.5. The van der Waals surface area contributed by atoms with Crippen LogP contribution in [0.4, 0.5) is 5.69 Å². The van der Waals surface area contributed by atoms with Gasteiger partial charge >= 0.3 is 0 Å². The van der Waals surface area contributed by atoms with Crippen molar-refractivity contribution in [1.82, 2.24) is 4.98 Å². The molecule has 6 rings (SSSR count). The number of amides is 2. The molecule has 1 aromatic carbocycles. The van der Waals surface area contributed by atoms with Crippen LogP contribution in [0.2, 0.25) is 0 Å². The number of pyridine rings is 1. The molecule has 296 valence electrons. The minimum atomic E-state index is -0.302. The van der Waals surface area contributed by atoms with Crippen molar-refractivity contribution in [3.8, 4) is 21.3 Å². The molecule has 0 saturated heterocycles. The summed E-state index contributed by atoms with van der Waals surface area (Å²) in [5.41, 5.74) is 1.25. The number of unbranched alkanes of at least 4 members (excludes halogenated alkanes) is 2. The molecule has 0 N–H and O–H groups in total. The van der Waals surface area contributed by atoms with E-state index >= 15 is 0 Å². The fourth-order valence-corrected chi connectivity index (χ4v) is 11.3. The number of rotatable bonds is 18. The molecule has 55 heavy (non-hydrogen) atoms. The number of ether oxygens (including phenoxy) is 2. The van der Waals surface area contributed by atoms with E-state index in [-0.39, 0.29) is 22.6 Å². The van der Waals surface area contributed by atoms with Crippen molar-refractivity contribution in [3.63, 3.8) is 0 Å². The van der Waals surface area contributed by atoms with Crippen LogP contribution in [0.15, 0.2) is 36.7 Å². The fourth-order valence-electron chi connectivity index (χ4n) is 7.36. The second-order valence-electron chi connectivity index (χ2n) is 17.0. The second kappa shape index (κ2) is 17.1. The van der Waals surface area contributed by atoms with Gasteiger partial charge in [-0.3, -0.25) is 14.6 Å². The lowest BCUT2D eigenvalue weighted by atomic mass is 9.85. The smallest absolute Gasteiger partial charge is 0.267 e. The van der Waals surface area contributed by atoms with Crippen LogP contribution in [0.25, 0.3) is 29.9 Å². The lowest BCUT2D eigenvalue weighted by molar-refractivity contribution is 0.0925. The molecular formula is C46H60N2O4S3. The molecule has 0 saturated carbocycles. The molecule has 0 bridgehead atoms. The van der Waals surface area contributed by atoms with Crippen molar-refractivity contribution in [2.75, 3.05) is 18.1 Å². The molecule has 5 heterocycles. The van der Waals surface area contributed by atoms with Crippen LogP contribution < -0.4 is 14.4 Å². The maximum atomic E-state index is 14.5. The highest BCUT2D eigenvalue weighted by Crippen LogP contribution is 2.55. The van der Waals surface area contributed by atoms with Gasteiger partial charge < -0.3 is 9.47 Å². The Hall–Kier alpha value is -3.27. The van der Waals surface area contributed by atoms with Crippen molar-refractivity contribution < 1.29 is 19.1 Å². The number of imide groups is 1. The number of carbonyl (C=O) groups excluding carboxylic acids is 2. The average Bonchev–Trinajstić information content (AvgIpc) is 3.95. The SMILES string of the molecule is CCCCC(CC)COc1c2cc(C(C)(C)C)sc2c(OCC(CC)CCCC)c2cc(-c3sc(C(C)(C)CC)c4c3C(=O)N(c3ccncc3)C4=O)sc12. The van der Waals surface area contributed by atoms with Gasteiger partial charge in [0.1, 0.15) is 11.5 Å². The predicted octanol–water partition coefficient (Wildman–Crippen LogP) is 14.2. The highest BCUT2D eigenvalue weighted by molar-refractivity contribution is 7.27. The number of hydrogen-bond donors (Lipinski definition) is 0. The molecule has 2 unspecified atom stereocenters. The Labute approximate surface area is 340 Å². The third kappa shape index (κ3) is 8.13. The van der Waals surface area contributed by atoms with Crippen LogP contribution in [0.1, 0.15) is 157 Å². The van der Waals surface area contributed by atoms with Crippen molar-refractivity contribution >= 4 is 71.7 Å². The Morgan fingerprint density at radius 3 is 1.80 bits per heavy atom. The van der Waals surface area contributed by atoms with Gasteiger partial charge in [0, 0.05) is 37.8 Å². The van der Waals surface area contributed by atoms with Gasteiger partial charge in [0.05, 0.1) is 44.3 Å². The molecule has 0 radical (unpaired) electrons. The van der Waals surface area contributed by atoms with Crippen LogP contribution in [0, 0.1) is 11.8 Å². The first-order valence-electron chi connectivity index (χ1n) is 20.5. The molecule has 5 aromatic rings. The normalized spacial score (nSPS) is 14.7. The van der Waals surface area contributed by atoms with Gasteiger partial charge in [0.2, 0.25) is 0 Å². The summed E-state index contributed by atoms with van der Waals surface area (Å²) in [4.78, 5) is 38.4. The summed E-state index contributed by atoms with van der Waals surface area (Å²) in [6.07, 6.45) is 13.2. The molecule has 1 aliphatic rings. The summed E-state index contributed by atoms with van der Waals surface area (Å²) in [6.45, 7) is 23.6. The van der Waals surface area contributed by atoms with E-state index in [2.05, 4.69) is 86.4 Å². The van der Waals surface area contributed by atoms with E-state index in [1.54, 1.807) is 47.2 Å². The number of carbonyl (C=O) groups is 2. The zero-order chi connectivity index (χ0) is 39.7. The van der Waals surface area contributed by atoms with Crippen LogP contribution in [-0.2, 0) is 10.8 Å². The van der Waals surface area contributed by atoms with Crippen LogP contribution in [0.3, 0.4) is 0 Å². The average molecular weight is 801 g/mol. The summed E-state index contributed by atoms with van der Waals surface area (Å²) in [7, 11) is 0. The first kappa shape index (κ1) is 41.4. The number of benzene rings is 1. The molecule has 0 fully saturated rings. The lowest BCUT2D eigenvalue weighted by Crippen LogP contribution is -2.30. The van der Waals surface area contributed by atoms with Crippen LogP contribution >= 0.6 is 34.0 Å². The zero-order valence-corrected chi connectivity index (χ0v) is 37.1. The number of nitrogens with zero attached hydrogens (tertiary/aromatic N) is 2. The quantitative estimate of drug-likeness (QED) is 0.0826. The van der Waals surface area contributed by atoms with Crippen LogP contribution in [-0.4, -0.2) is 30.0 Å². The summed E-state index contributed by atoms with van der Waals surface area (Å²) in [6, 6.07) is 8.02. The largest absolute Gasteiger partial charge is 0.491 e. The van der Waals surface area contributed by atoms with Gasteiger partial charge in [-0.2, -0.15) is 0 Å². The van der Waals surface area contributed by atoms with E-state index in [1.807, 2.05) is 11.3 Å². The van der Waals surface area contributed by atoms with Gasteiger partial charge in [0.25, 0.3) is 11.8 Å². The monoisotopic (exact) mass is 800 g/mol. The Morgan fingerprint density at radius 1 is 0.727 bits per heavy atom. The van der Waals surface area contributed by atoms with Gasteiger partial charge in [-0.15, -0.1) is 34.0 Å².